The van der Waals surface area contributed by atoms with Gasteiger partial charge >= 0.3 is 0 Å². The molecule has 0 unspecified atom stereocenters. The van der Waals surface area contributed by atoms with E-state index in [9.17, 15) is 9.59 Å². The fourth-order valence-corrected chi connectivity index (χ4v) is 3.05. The molecule has 2 heterocycles. The molecule has 0 bridgehead atoms. The highest BCUT2D eigenvalue weighted by molar-refractivity contribution is 6.08. The lowest BCUT2D eigenvalue weighted by Crippen LogP contribution is -2.15. The topological polar surface area (TPSA) is 112 Å². The van der Waals surface area contributed by atoms with Gasteiger partial charge in [-0.3, -0.25) is 9.59 Å². The number of ether oxygens (including phenoxy) is 1. The van der Waals surface area contributed by atoms with Crippen LogP contribution in [-0.4, -0.2) is 27.1 Å². The summed E-state index contributed by atoms with van der Waals surface area (Å²) in [7, 11) is 0. The first-order valence-corrected chi connectivity index (χ1v) is 9.07. The van der Waals surface area contributed by atoms with E-state index in [1.54, 1.807) is 47.0 Å². The second-order valence-electron chi connectivity index (χ2n) is 6.38. The number of fused-ring (bicyclic) bond motifs is 3. The normalized spacial score (nSPS) is 10.7. The lowest BCUT2D eigenvalue weighted by atomic mass is 10.2. The monoisotopic (exact) mass is 387 g/mol. The fraction of sp³-hybridized carbons (Fsp3) is 0.143. The molecule has 0 saturated heterocycles. The number of anilines is 1. The Hall–Kier alpha value is -4.12. The van der Waals surface area contributed by atoms with Gasteiger partial charge in [-0.2, -0.15) is 10.4 Å². The van der Waals surface area contributed by atoms with Crippen LogP contribution in [-0.2, 0) is 0 Å². The van der Waals surface area contributed by atoms with Crippen molar-refractivity contribution in [2.45, 2.75) is 12.8 Å². The number of unbranched alkanes of at least 4 members (excludes halogenated alkanes) is 1. The maximum absolute atomic E-state index is 12.8. The molecule has 2 aromatic carbocycles. The number of aromatic nitrogens is 3. The van der Waals surface area contributed by atoms with Crippen LogP contribution in [0.25, 0.3) is 16.6 Å². The number of carbonyl (C=O) groups is 1. The van der Waals surface area contributed by atoms with E-state index in [1.165, 1.54) is 6.20 Å². The van der Waals surface area contributed by atoms with Crippen molar-refractivity contribution in [3.63, 3.8) is 0 Å². The summed E-state index contributed by atoms with van der Waals surface area (Å²) < 4.78 is 7.13. The predicted octanol–water partition coefficient (Wildman–Crippen LogP) is 3.11. The number of nitrogens with zero attached hydrogens (tertiary/aromatic N) is 3. The Kier molecular flexibility index (Phi) is 4.95. The number of hydrogen-bond acceptors (Lipinski definition) is 5. The molecular formula is C21H17N5O3. The molecule has 4 aromatic rings. The first kappa shape index (κ1) is 18.3. The number of H-pyrrole nitrogens is 1. The summed E-state index contributed by atoms with van der Waals surface area (Å²) in [6.07, 6.45) is 2.49. The van der Waals surface area contributed by atoms with E-state index in [0.29, 0.717) is 47.4 Å². The molecule has 0 radical (unpaired) electrons. The fourth-order valence-electron chi connectivity index (χ4n) is 3.05. The molecule has 0 atom stereocenters. The van der Waals surface area contributed by atoms with Crippen LogP contribution in [0.5, 0.6) is 5.75 Å². The van der Waals surface area contributed by atoms with Crippen molar-refractivity contribution in [2.24, 2.45) is 0 Å². The number of amides is 1. The lowest BCUT2D eigenvalue weighted by molar-refractivity contribution is 0.102. The summed E-state index contributed by atoms with van der Waals surface area (Å²) in [5, 5.41) is 16.1. The van der Waals surface area contributed by atoms with Gasteiger partial charge in [0, 0.05) is 18.2 Å². The summed E-state index contributed by atoms with van der Waals surface area (Å²) in [5.74, 6) is 0.201. The third kappa shape index (κ3) is 3.66. The van der Waals surface area contributed by atoms with E-state index in [0.717, 1.165) is 0 Å². The van der Waals surface area contributed by atoms with Crippen LogP contribution < -0.4 is 15.6 Å². The third-order valence-corrected chi connectivity index (χ3v) is 4.42. The Bertz CT molecular complexity index is 1300. The van der Waals surface area contributed by atoms with Crippen molar-refractivity contribution in [2.75, 3.05) is 11.9 Å². The first-order chi connectivity index (χ1) is 14.2. The molecular weight excluding hydrogens is 370 g/mol. The first-order valence-electron chi connectivity index (χ1n) is 9.07. The van der Waals surface area contributed by atoms with Crippen molar-refractivity contribution in [3.05, 3.63) is 70.6 Å². The second-order valence-corrected chi connectivity index (χ2v) is 6.38. The van der Waals surface area contributed by atoms with Crippen molar-refractivity contribution in [1.82, 2.24) is 14.6 Å². The van der Waals surface area contributed by atoms with Gasteiger partial charge in [-0.15, -0.1) is 0 Å². The summed E-state index contributed by atoms with van der Waals surface area (Å²) in [4.78, 5) is 27.9. The molecule has 0 fully saturated rings. The Morgan fingerprint density at radius 1 is 1.24 bits per heavy atom. The zero-order valence-electron chi connectivity index (χ0n) is 15.4. The number of carbonyl (C=O) groups excluding carboxylic acids is 1. The van der Waals surface area contributed by atoms with Crippen molar-refractivity contribution >= 4 is 28.1 Å². The Morgan fingerprint density at radius 2 is 2.10 bits per heavy atom. The minimum Gasteiger partial charge on any atom is -0.493 e. The van der Waals surface area contributed by atoms with Gasteiger partial charge in [-0.25, -0.2) is 4.52 Å². The van der Waals surface area contributed by atoms with Gasteiger partial charge in [0.05, 0.1) is 29.8 Å². The highest BCUT2D eigenvalue weighted by atomic mass is 16.5. The maximum Gasteiger partial charge on any atom is 0.261 e. The number of rotatable bonds is 6. The molecule has 2 N–H and O–H groups in total. The van der Waals surface area contributed by atoms with E-state index in [4.69, 9.17) is 10.00 Å². The van der Waals surface area contributed by atoms with E-state index in [-0.39, 0.29) is 11.1 Å². The smallest absolute Gasteiger partial charge is 0.261 e. The molecule has 8 nitrogen and oxygen atoms in total. The Labute approximate surface area is 165 Å². The van der Waals surface area contributed by atoms with Crippen LogP contribution in [0, 0.1) is 11.3 Å². The molecule has 0 aliphatic carbocycles. The van der Waals surface area contributed by atoms with Crippen LogP contribution in [0.1, 0.15) is 23.2 Å². The highest BCUT2D eigenvalue weighted by Gasteiger charge is 2.16. The molecule has 2 aromatic heterocycles. The number of benzene rings is 2. The summed E-state index contributed by atoms with van der Waals surface area (Å²) >= 11 is 0. The van der Waals surface area contributed by atoms with Crippen LogP contribution in [0.2, 0.25) is 0 Å². The molecule has 1 amide bonds. The molecule has 4 rings (SSSR count). The van der Waals surface area contributed by atoms with Crippen LogP contribution in [0.3, 0.4) is 0 Å². The largest absolute Gasteiger partial charge is 0.493 e. The third-order valence-electron chi connectivity index (χ3n) is 4.42. The number of nitrogens with one attached hydrogen (secondary N) is 2. The van der Waals surface area contributed by atoms with Gasteiger partial charge < -0.3 is 15.0 Å². The summed E-state index contributed by atoms with van der Waals surface area (Å²) in [6.45, 7) is 0.424. The van der Waals surface area contributed by atoms with Crippen LogP contribution in [0.15, 0.2) is 59.5 Å². The zero-order valence-corrected chi connectivity index (χ0v) is 15.4. The van der Waals surface area contributed by atoms with Gasteiger partial charge in [-0.1, -0.05) is 18.2 Å². The average Bonchev–Trinajstić information content (AvgIpc) is 3.16. The van der Waals surface area contributed by atoms with Crippen molar-refractivity contribution in [1.29, 1.82) is 5.26 Å². The number of aromatic amines is 1. The standard InChI is InChI=1S/C21H17N5O3/c22-10-3-4-11-29-15-7-5-6-14(12-15)24-21(28)17-13-23-26-18-9-2-1-8-16(18)20(27)25-19(17)26/h1-2,5-9,12-13H,3-4,11H2,(H,24,28)(H,25,27). The van der Waals surface area contributed by atoms with Gasteiger partial charge in [0.2, 0.25) is 0 Å². The minimum absolute atomic E-state index is 0.258. The van der Waals surface area contributed by atoms with E-state index >= 15 is 0 Å². The lowest BCUT2D eigenvalue weighted by Gasteiger charge is -2.08. The number of hydrogen-bond donors (Lipinski definition) is 2. The number of nitriles is 1. The van der Waals surface area contributed by atoms with Gasteiger partial charge in [0.1, 0.15) is 17.0 Å². The van der Waals surface area contributed by atoms with Gasteiger partial charge in [0.15, 0.2) is 0 Å². The molecule has 144 valence electrons. The zero-order chi connectivity index (χ0) is 20.2. The molecule has 0 aliphatic rings. The van der Waals surface area contributed by atoms with Gasteiger partial charge in [0.25, 0.3) is 11.5 Å². The molecule has 8 heteroatoms. The number of para-hydroxylation sites is 1. The Balaban J connectivity index is 1.59. The summed E-state index contributed by atoms with van der Waals surface area (Å²) in [6, 6.07) is 16.1. The maximum atomic E-state index is 12.8. The predicted molar refractivity (Wildman–Crippen MR) is 108 cm³/mol. The minimum atomic E-state index is -0.396. The average molecular weight is 387 g/mol. The summed E-state index contributed by atoms with van der Waals surface area (Å²) in [5.41, 5.74) is 1.48. The molecule has 0 aliphatic heterocycles. The van der Waals surface area contributed by atoms with Crippen molar-refractivity contribution < 1.29 is 9.53 Å². The van der Waals surface area contributed by atoms with E-state index < -0.39 is 5.91 Å². The van der Waals surface area contributed by atoms with E-state index in [1.807, 2.05) is 6.07 Å². The molecule has 0 saturated carbocycles. The molecule has 29 heavy (non-hydrogen) atoms. The Morgan fingerprint density at radius 3 is 2.97 bits per heavy atom. The van der Waals surface area contributed by atoms with Gasteiger partial charge in [-0.05, 0) is 30.7 Å². The SMILES string of the molecule is N#CCCCOc1cccc(NC(=O)c2cnn3c2[nH]c(=O)c2ccccc23)c1. The van der Waals surface area contributed by atoms with Crippen LogP contribution >= 0.6 is 0 Å². The highest BCUT2D eigenvalue weighted by Crippen LogP contribution is 2.20. The second kappa shape index (κ2) is 7.86. The van der Waals surface area contributed by atoms with Crippen molar-refractivity contribution in [3.8, 4) is 11.8 Å². The van der Waals surface area contributed by atoms with E-state index in [2.05, 4.69) is 21.5 Å². The molecule has 0 spiro atoms. The quantitative estimate of drug-likeness (QED) is 0.494. The van der Waals surface area contributed by atoms with Crippen LogP contribution in [0.4, 0.5) is 5.69 Å².